The highest BCUT2D eigenvalue weighted by Crippen LogP contribution is 2.33. The number of aromatic nitrogens is 4. The number of fused-ring (bicyclic) bond motifs is 1. The molecule has 0 fully saturated rings. The summed E-state index contributed by atoms with van der Waals surface area (Å²) in [5, 5.41) is 6.98. The Labute approximate surface area is 112 Å². The zero-order valence-electron chi connectivity index (χ0n) is 10.7. The molecule has 20 heavy (non-hydrogen) atoms. The van der Waals surface area contributed by atoms with Crippen molar-refractivity contribution in [3.05, 3.63) is 29.2 Å². The monoisotopic (exact) mass is 283 g/mol. The second kappa shape index (κ2) is 4.55. The Bertz CT molecular complexity index is 647. The molecule has 1 aliphatic rings. The molecule has 0 saturated carbocycles. The zero-order chi connectivity index (χ0) is 14.3. The van der Waals surface area contributed by atoms with E-state index in [0.29, 0.717) is 24.4 Å². The lowest BCUT2D eigenvalue weighted by Crippen LogP contribution is -2.29. The van der Waals surface area contributed by atoms with Gasteiger partial charge >= 0.3 is 6.18 Å². The van der Waals surface area contributed by atoms with Crippen LogP contribution in [-0.2, 0) is 26.2 Å². The number of nitrogens with zero attached hydrogens (tertiary/aromatic N) is 4. The topological polar surface area (TPSA) is 55.6 Å². The van der Waals surface area contributed by atoms with Gasteiger partial charge in [0, 0.05) is 38.3 Å². The first kappa shape index (κ1) is 13.0. The van der Waals surface area contributed by atoms with Crippen LogP contribution in [0.2, 0.25) is 0 Å². The normalized spacial score (nSPS) is 15.2. The first-order chi connectivity index (χ1) is 9.45. The molecule has 106 valence electrons. The molecule has 0 amide bonds. The molecule has 0 atom stereocenters. The summed E-state index contributed by atoms with van der Waals surface area (Å²) in [6.45, 7) is 0.760. The van der Waals surface area contributed by atoms with Crippen LogP contribution < -0.4 is 5.32 Å². The van der Waals surface area contributed by atoms with Gasteiger partial charge in [-0.3, -0.25) is 4.68 Å². The van der Waals surface area contributed by atoms with Crippen molar-refractivity contribution in [1.82, 2.24) is 25.1 Å². The maximum atomic E-state index is 13.1. The number of hydrogen-bond acceptors (Lipinski definition) is 4. The van der Waals surface area contributed by atoms with Gasteiger partial charge in [0.05, 0.1) is 5.69 Å². The van der Waals surface area contributed by atoms with Crippen LogP contribution in [0.25, 0.3) is 11.5 Å². The average molecular weight is 283 g/mol. The SMILES string of the molecule is Cn1ccc(-c2nc3c(c(C(F)(F)F)n2)CNCC3)n1. The third-order valence-corrected chi connectivity index (χ3v) is 3.14. The number of halogens is 3. The molecule has 0 unspecified atom stereocenters. The number of rotatable bonds is 1. The van der Waals surface area contributed by atoms with Gasteiger partial charge < -0.3 is 5.32 Å². The van der Waals surface area contributed by atoms with E-state index in [-0.39, 0.29) is 17.9 Å². The van der Waals surface area contributed by atoms with Crippen molar-refractivity contribution in [2.45, 2.75) is 19.1 Å². The molecule has 0 saturated heterocycles. The Kier molecular flexibility index (Phi) is 2.97. The lowest BCUT2D eigenvalue weighted by molar-refractivity contribution is -0.142. The highest BCUT2D eigenvalue weighted by Gasteiger charge is 2.38. The van der Waals surface area contributed by atoms with Crippen LogP contribution in [0.4, 0.5) is 13.2 Å². The Morgan fingerprint density at radius 1 is 1.30 bits per heavy atom. The van der Waals surface area contributed by atoms with Gasteiger partial charge in [-0.2, -0.15) is 18.3 Å². The fourth-order valence-corrected chi connectivity index (χ4v) is 2.23. The van der Waals surface area contributed by atoms with Crippen LogP contribution in [0.1, 0.15) is 17.0 Å². The molecule has 0 aliphatic carbocycles. The third kappa shape index (κ3) is 2.26. The summed E-state index contributed by atoms with van der Waals surface area (Å²) in [6.07, 6.45) is -2.39. The number of hydrogen-bond donors (Lipinski definition) is 1. The van der Waals surface area contributed by atoms with E-state index >= 15 is 0 Å². The van der Waals surface area contributed by atoms with Gasteiger partial charge in [0.15, 0.2) is 11.5 Å². The predicted octanol–water partition coefficient (Wildman–Crippen LogP) is 1.54. The molecule has 3 rings (SSSR count). The van der Waals surface area contributed by atoms with E-state index in [1.54, 1.807) is 19.3 Å². The van der Waals surface area contributed by atoms with Gasteiger partial charge in [0.25, 0.3) is 0 Å². The Hall–Kier alpha value is -1.96. The van der Waals surface area contributed by atoms with Gasteiger partial charge in [0.2, 0.25) is 0 Å². The molecule has 0 radical (unpaired) electrons. The van der Waals surface area contributed by atoms with Crippen LogP contribution in [0.15, 0.2) is 12.3 Å². The molecule has 8 heteroatoms. The third-order valence-electron chi connectivity index (χ3n) is 3.14. The summed E-state index contributed by atoms with van der Waals surface area (Å²) >= 11 is 0. The molecule has 3 heterocycles. The summed E-state index contributed by atoms with van der Waals surface area (Å²) in [5.74, 6) is 0.0265. The zero-order valence-corrected chi connectivity index (χ0v) is 10.7. The van der Waals surface area contributed by atoms with Crippen LogP contribution in [0.3, 0.4) is 0 Å². The van der Waals surface area contributed by atoms with Gasteiger partial charge in [-0.15, -0.1) is 0 Å². The minimum absolute atomic E-state index is 0.0265. The summed E-state index contributed by atoms with van der Waals surface area (Å²) in [5.41, 5.74) is 0.0739. The predicted molar refractivity (Wildman–Crippen MR) is 64.6 cm³/mol. The number of aryl methyl sites for hydroxylation is 1. The molecule has 0 aromatic carbocycles. The maximum Gasteiger partial charge on any atom is 0.433 e. The first-order valence-corrected chi connectivity index (χ1v) is 6.13. The molecular formula is C12H12F3N5. The van der Waals surface area contributed by atoms with Crippen molar-refractivity contribution in [2.24, 2.45) is 7.05 Å². The van der Waals surface area contributed by atoms with E-state index in [2.05, 4.69) is 20.4 Å². The van der Waals surface area contributed by atoms with E-state index in [1.165, 1.54) is 4.68 Å². The van der Waals surface area contributed by atoms with Crippen molar-refractivity contribution in [3.63, 3.8) is 0 Å². The molecular weight excluding hydrogens is 271 g/mol. The van der Waals surface area contributed by atoms with E-state index in [9.17, 15) is 13.2 Å². The first-order valence-electron chi connectivity index (χ1n) is 6.13. The Balaban J connectivity index is 2.18. The van der Waals surface area contributed by atoms with Gasteiger partial charge in [-0.25, -0.2) is 9.97 Å². The van der Waals surface area contributed by atoms with Crippen molar-refractivity contribution >= 4 is 0 Å². The molecule has 2 aromatic heterocycles. The van der Waals surface area contributed by atoms with Crippen LogP contribution >= 0.6 is 0 Å². The fourth-order valence-electron chi connectivity index (χ4n) is 2.23. The van der Waals surface area contributed by atoms with Crippen LogP contribution in [-0.4, -0.2) is 26.3 Å². The van der Waals surface area contributed by atoms with Crippen LogP contribution in [0, 0.1) is 0 Å². The Morgan fingerprint density at radius 3 is 2.75 bits per heavy atom. The highest BCUT2D eigenvalue weighted by molar-refractivity contribution is 5.50. The smallest absolute Gasteiger partial charge is 0.312 e. The molecule has 1 aliphatic heterocycles. The maximum absolute atomic E-state index is 13.1. The number of nitrogens with one attached hydrogen (secondary N) is 1. The average Bonchev–Trinajstić information content (AvgIpc) is 2.83. The van der Waals surface area contributed by atoms with Crippen LogP contribution in [0.5, 0.6) is 0 Å². The minimum atomic E-state index is -4.49. The van der Waals surface area contributed by atoms with Gasteiger partial charge in [-0.1, -0.05) is 0 Å². The Morgan fingerprint density at radius 2 is 2.10 bits per heavy atom. The van der Waals surface area contributed by atoms with E-state index in [0.717, 1.165) is 0 Å². The lowest BCUT2D eigenvalue weighted by Gasteiger charge is -2.20. The van der Waals surface area contributed by atoms with Crippen molar-refractivity contribution in [1.29, 1.82) is 0 Å². The van der Waals surface area contributed by atoms with E-state index < -0.39 is 11.9 Å². The van der Waals surface area contributed by atoms with Gasteiger partial charge in [0.1, 0.15) is 5.69 Å². The summed E-state index contributed by atoms with van der Waals surface area (Å²) in [7, 11) is 1.69. The summed E-state index contributed by atoms with van der Waals surface area (Å²) in [6, 6.07) is 1.60. The minimum Gasteiger partial charge on any atom is -0.312 e. The van der Waals surface area contributed by atoms with Crippen molar-refractivity contribution in [3.8, 4) is 11.5 Å². The lowest BCUT2D eigenvalue weighted by atomic mass is 10.0. The van der Waals surface area contributed by atoms with Crippen molar-refractivity contribution in [2.75, 3.05) is 6.54 Å². The largest absolute Gasteiger partial charge is 0.433 e. The molecule has 0 spiro atoms. The fraction of sp³-hybridized carbons (Fsp3) is 0.417. The van der Waals surface area contributed by atoms with E-state index in [1.807, 2.05) is 0 Å². The standard InChI is InChI=1S/C12H12F3N5/c1-20-5-3-9(19-20)11-17-8-2-4-16-6-7(8)10(18-11)12(13,14)15/h3,5,16H,2,4,6H2,1H3. The molecule has 2 aromatic rings. The number of alkyl halides is 3. The quantitative estimate of drug-likeness (QED) is 0.862. The second-order valence-electron chi connectivity index (χ2n) is 4.62. The molecule has 5 nitrogen and oxygen atoms in total. The summed E-state index contributed by atoms with van der Waals surface area (Å²) < 4.78 is 40.9. The van der Waals surface area contributed by atoms with Gasteiger partial charge in [-0.05, 0) is 6.07 Å². The second-order valence-corrected chi connectivity index (χ2v) is 4.62. The van der Waals surface area contributed by atoms with Crippen molar-refractivity contribution < 1.29 is 13.2 Å². The molecule has 0 bridgehead atoms. The van der Waals surface area contributed by atoms with E-state index in [4.69, 9.17) is 0 Å². The highest BCUT2D eigenvalue weighted by atomic mass is 19.4. The summed E-state index contributed by atoms with van der Waals surface area (Å²) in [4.78, 5) is 7.93. The molecule has 1 N–H and O–H groups in total.